The molecule has 0 aromatic carbocycles. The maximum atomic E-state index is 12.2. The number of pyridine rings is 1. The van der Waals surface area contributed by atoms with E-state index in [1.165, 1.54) is 4.40 Å². The molecule has 2 aromatic rings. The minimum absolute atomic E-state index is 0.0707. The molecular formula is C11H15N5O3S. The highest BCUT2D eigenvalue weighted by Gasteiger charge is 2.23. The number of rotatable bonds is 6. The molecule has 0 aliphatic rings. The molecule has 1 amide bonds. The van der Waals surface area contributed by atoms with Crippen LogP contribution in [0.25, 0.3) is 5.65 Å². The molecule has 0 radical (unpaired) electrons. The summed E-state index contributed by atoms with van der Waals surface area (Å²) in [6.07, 6.45) is 2.01. The number of imidazole rings is 1. The minimum atomic E-state index is -3.80. The van der Waals surface area contributed by atoms with Gasteiger partial charge >= 0.3 is 0 Å². The Kier molecular flexibility index (Phi) is 3.91. The topological polar surface area (TPSA) is 133 Å². The van der Waals surface area contributed by atoms with Crippen LogP contribution in [0.5, 0.6) is 0 Å². The molecule has 2 rings (SSSR count). The molecule has 0 aliphatic carbocycles. The van der Waals surface area contributed by atoms with Crippen LogP contribution in [0.15, 0.2) is 29.4 Å². The molecule has 0 atom stereocenters. The van der Waals surface area contributed by atoms with Gasteiger partial charge in [0.05, 0.1) is 0 Å². The Bertz CT molecular complexity index is 738. The van der Waals surface area contributed by atoms with E-state index in [9.17, 15) is 13.2 Å². The number of aromatic nitrogens is 2. The fraction of sp³-hybridized carbons (Fsp3) is 0.273. The average Bonchev–Trinajstić information content (AvgIpc) is 2.71. The summed E-state index contributed by atoms with van der Waals surface area (Å²) in [4.78, 5) is 14.6. The molecule has 0 fully saturated rings. The summed E-state index contributed by atoms with van der Waals surface area (Å²) in [6.45, 7) is 0.102. The Morgan fingerprint density at radius 2 is 2.15 bits per heavy atom. The van der Waals surface area contributed by atoms with Crippen molar-refractivity contribution in [3.8, 4) is 0 Å². The fourth-order valence-electron chi connectivity index (χ4n) is 1.80. The summed E-state index contributed by atoms with van der Waals surface area (Å²) >= 11 is 0. The molecule has 8 nitrogen and oxygen atoms in total. The van der Waals surface area contributed by atoms with Crippen molar-refractivity contribution in [3.63, 3.8) is 0 Å². The zero-order valence-corrected chi connectivity index (χ0v) is 11.4. The van der Waals surface area contributed by atoms with Crippen LogP contribution in [-0.4, -0.2) is 30.3 Å². The lowest BCUT2D eigenvalue weighted by molar-refractivity contribution is -0.118. The molecule has 2 aromatic heterocycles. The van der Waals surface area contributed by atoms with Gasteiger partial charge in [-0.25, -0.2) is 18.1 Å². The van der Waals surface area contributed by atoms with Gasteiger partial charge in [-0.3, -0.25) is 9.20 Å². The van der Waals surface area contributed by atoms with E-state index in [0.29, 0.717) is 12.1 Å². The summed E-state index contributed by atoms with van der Waals surface area (Å²) in [7, 11) is -3.80. The molecule has 0 saturated carbocycles. The van der Waals surface area contributed by atoms with E-state index in [2.05, 4.69) is 9.71 Å². The number of amides is 1. The van der Waals surface area contributed by atoms with Crippen molar-refractivity contribution in [2.45, 2.75) is 17.9 Å². The lowest BCUT2D eigenvalue weighted by atomic mass is 10.3. The number of nitrogen functional groups attached to an aromatic ring is 1. The standard InChI is InChI=1S/C11H15N5O3S/c12-8(17)4-3-6-14-20(18,19)11-10(13)15-9-5-1-2-7-16(9)11/h1-2,5,7,14H,3-4,6,13H2,(H2,12,17). The number of anilines is 1. The second-order valence-electron chi connectivity index (χ2n) is 4.20. The molecule has 0 aliphatic heterocycles. The van der Waals surface area contributed by atoms with Gasteiger partial charge in [0.25, 0.3) is 10.0 Å². The summed E-state index contributed by atoms with van der Waals surface area (Å²) in [5.41, 5.74) is 11.1. The van der Waals surface area contributed by atoms with Crippen LogP contribution in [0.2, 0.25) is 0 Å². The number of nitrogens with two attached hydrogens (primary N) is 2. The lowest BCUT2D eigenvalue weighted by Crippen LogP contribution is -2.27. The number of fused-ring (bicyclic) bond motifs is 1. The maximum Gasteiger partial charge on any atom is 0.260 e. The number of nitrogens with zero attached hydrogens (tertiary/aromatic N) is 2. The SMILES string of the molecule is NC(=O)CCCNS(=O)(=O)c1c(N)nc2ccccn12. The van der Waals surface area contributed by atoms with Crippen molar-refractivity contribution in [2.24, 2.45) is 5.73 Å². The van der Waals surface area contributed by atoms with Gasteiger partial charge in [-0.15, -0.1) is 0 Å². The monoisotopic (exact) mass is 297 g/mol. The predicted octanol–water partition coefficient (Wildman–Crippen LogP) is -0.540. The summed E-state index contributed by atoms with van der Waals surface area (Å²) < 4.78 is 28.2. The van der Waals surface area contributed by atoms with Gasteiger partial charge in [-0.05, 0) is 18.6 Å². The first-order valence-electron chi connectivity index (χ1n) is 5.92. The average molecular weight is 297 g/mol. The van der Waals surface area contributed by atoms with E-state index in [0.717, 1.165) is 0 Å². The van der Waals surface area contributed by atoms with E-state index in [1.54, 1.807) is 24.4 Å². The van der Waals surface area contributed by atoms with Crippen LogP contribution in [0, 0.1) is 0 Å². The van der Waals surface area contributed by atoms with Crippen LogP contribution in [0.3, 0.4) is 0 Å². The Morgan fingerprint density at radius 3 is 2.85 bits per heavy atom. The van der Waals surface area contributed by atoms with Gasteiger partial charge in [0.1, 0.15) is 5.65 Å². The van der Waals surface area contributed by atoms with Crippen molar-refractivity contribution >= 4 is 27.4 Å². The Labute approximate surface area is 115 Å². The molecule has 0 spiro atoms. The maximum absolute atomic E-state index is 12.2. The van der Waals surface area contributed by atoms with Crippen molar-refractivity contribution < 1.29 is 13.2 Å². The predicted molar refractivity (Wildman–Crippen MR) is 73.2 cm³/mol. The van der Waals surface area contributed by atoms with E-state index >= 15 is 0 Å². The quantitative estimate of drug-likeness (QED) is 0.616. The molecule has 108 valence electrons. The summed E-state index contributed by atoms with van der Waals surface area (Å²) in [5, 5.41) is -0.104. The first-order chi connectivity index (χ1) is 9.42. The second-order valence-corrected chi connectivity index (χ2v) is 5.88. The third-order valence-electron chi connectivity index (χ3n) is 2.66. The van der Waals surface area contributed by atoms with Gasteiger partial charge in [0.2, 0.25) is 5.91 Å². The molecular weight excluding hydrogens is 282 g/mol. The Morgan fingerprint density at radius 1 is 1.40 bits per heavy atom. The smallest absolute Gasteiger partial charge is 0.260 e. The first kappa shape index (κ1) is 14.3. The van der Waals surface area contributed by atoms with Crippen LogP contribution in [0.1, 0.15) is 12.8 Å². The normalized spacial score (nSPS) is 11.8. The first-order valence-corrected chi connectivity index (χ1v) is 7.40. The second kappa shape index (κ2) is 5.47. The fourth-order valence-corrected chi connectivity index (χ4v) is 3.08. The van der Waals surface area contributed by atoms with Gasteiger partial charge in [0, 0.05) is 19.2 Å². The minimum Gasteiger partial charge on any atom is -0.381 e. The van der Waals surface area contributed by atoms with E-state index < -0.39 is 15.9 Å². The van der Waals surface area contributed by atoms with Crippen LogP contribution < -0.4 is 16.2 Å². The highest BCUT2D eigenvalue weighted by molar-refractivity contribution is 7.89. The Hall–Kier alpha value is -2.13. The number of sulfonamides is 1. The number of carbonyl (C=O) groups excluding carboxylic acids is 1. The molecule has 0 bridgehead atoms. The molecule has 5 N–H and O–H groups in total. The van der Waals surface area contributed by atoms with Gasteiger partial charge in [-0.1, -0.05) is 6.07 Å². The summed E-state index contributed by atoms with van der Waals surface area (Å²) in [5.74, 6) is -0.544. The Balaban J connectivity index is 2.23. The zero-order chi connectivity index (χ0) is 14.8. The lowest BCUT2D eigenvalue weighted by Gasteiger charge is -2.06. The van der Waals surface area contributed by atoms with E-state index in [1.807, 2.05) is 0 Å². The van der Waals surface area contributed by atoms with Gasteiger partial charge in [0.15, 0.2) is 10.8 Å². The van der Waals surface area contributed by atoms with Crippen LogP contribution >= 0.6 is 0 Å². The van der Waals surface area contributed by atoms with E-state index in [4.69, 9.17) is 11.5 Å². The number of hydrogen-bond donors (Lipinski definition) is 3. The molecule has 0 unspecified atom stereocenters. The van der Waals surface area contributed by atoms with Gasteiger partial charge < -0.3 is 11.5 Å². The van der Waals surface area contributed by atoms with Crippen LogP contribution in [-0.2, 0) is 14.8 Å². The highest BCUT2D eigenvalue weighted by atomic mass is 32.2. The number of hydrogen-bond acceptors (Lipinski definition) is 5. The number of carbonyl (C=O) groups is 1. The molecule has 2 heterocycles. The molecule has 20 heavy (non-hydrogen) atoms. The third kappa shape index (κ3) is 2.89. The third-order valence-corrected chi connectivity index (χ3v) is 4.16. The van der Waals surface area contributed by atoms with Crippen molar-refractivity contribution in [3.05, 3.63) is 24.4 Å². The van der Waals surface area contributed by atoms with E-state index in [-0.39, 0.29) is 23.8 Å². The number of primary amides is 1. The molecule has 9 heteroatoms. The van der Waals surface area contributed by atoms with Crippen molar-refractivity contribution in [1.29, 1.82) is 0 Å². The number of nitrogens with one attached hydrogen (secondary N) is 1. The van der Waals surface area contributed by atoms with Crippen molar-refractivity contribution in [1.82, 2.24) is 14.1 Å². The summed E-state index contributed by atoms with van der Waals surface area (Å²) in [6, 6.07) is 5.07. The highest BCUT2D eigenvalue weighted by Crippen LogP contribution is 2.19. The largest absolute Gasteiger partial charge is 0.381 e. The van der Waals surface area contributed by atoms with Gasteiger partial charge in [-0.2, -0.15) is 0 Å². The van der Waals surface area contributed by atoms with Crippen LogP contribution in [0.4, 0.5) is 5.82 Å². The van der Waals surface area contributed by atoms with Crippen molar-refractivity contribution in [2.75, 3.05) is 12.3 Å². The molecule has 0 saturated heterocycles. The zero-order valence-electron chi connectivity index (χ0n) is 10.6.